The first-order valence-corrected chi connectivity index (χ1v) is 10.9. The zero-order chi connectivity index (χ0) is 19.9. The minimum Gasteiger partial charge on any atom is -0.478 e. The second-order valence-electron chi connectivity index (χ2n) is 8.77. The van der Waals surface area contributed by atoms with Crippen LogP contribution >= 0.6 is 11.3 Å². The summed E-state index contributed by atoms with van der Waals surface area (Å²) in [7, 11) is 0. The van der Waals surface area contributed by atoms with E-state index in [1.807, 2.05) is 0 Å². The number of thiophene rings is 1. The van der Waals surface area contributed by atoms with Gasteiger partial charge in [0.25, 0.3) is 0 Å². The van der Waals surface area contributed by atoms with E-state index >= 15 is 0 Å². The predicted octanol–water partition coefficient (Wildman–Crippen LogP) is 4.19. The molecule has 0 unspecified atom stereocenters. The molecule has 28 heavy (non-hydrogen) atoms. The number of carboxylic acids is 1. The second-order valence-corrected chi connectivity index (χ2v) is 9.88. The van der Waals surface area contributed by atoms with Crippen LogP contribution in [0.25, 0.3) is 10.4 Å². The van der Waals surface area contributed by atoms with Gasteiger partial charge >= 0.3 is 5.97 Å². The number of anilines is 1. The first-order chi connectivity index (χ1) is 13.4. The molecule has 2 aliphatic rings. The first kappa shape index (κ1) is 19.4. The number of hydrogen-bond donors (Lipinski definition) is 3. The molecule has 2 aromatic rings. The van der Waals surface area contributed by atoms with Crippen LogP contribution < -0.4 is 16.2 Å². The molecule has 0 spiro atoms. The molecule has 4 N–H and O–H groups in total. The highest BCUT2D eigenvalue weighted by molar-refractivity contribution is 7.16. The fourth-order valence-corrected chi connectivity index (χ4v) is 5.94. The quantitative estimate of drug-likeness (QED) is 0.519. The van der Waals surface area contributed by atoms with E-state index in [0.717, 1.165) is 53.9 Å². The Labute approximate surface area is 170 Å². The number of hydrazine groups is 1. The van der Waals surface area contributed by atoms with E-state index < -0.39 is 5.97 Å². The zero-order valence-corrected chi connectivity index (χ0v) is 17.5. The summed E-state index contributed by atoms with van der Waals surface area (Å²) in [5.41, 5.74) is 7.72. The van der Waals surface area contributed by atoms with E-state index in [1.165, 1.54) is 23.4 Å². The molecular formula is C22H29N3O2S. The van der Waals surface area contributed by atoms with Gasteiger partial charge in [-0.05, 0) is 66.3 Å². The van der Waals surface area contributed by atoms with E-state index in [4.69, 9.17) is 5.84 Å². The third-order valence-corrected chi connectivity index (χ3v) is 7.41. The average Bonchev–Trinajstić information content (AvgIpc) is 3.28. The van der Waals surface area contributed by atoms with Gasteiger partial charge in [-0.3, -0.25) is 11.3 Å². The predicted molar refractivity (Wildman–Crippen MR) is 115 cm³/mol. The number of aryl methyl sites for hydroxylation is 1. The number of rotatable bonds is 5. The molecule has 4 rings (SSSR count). The van der Waals surface area contributed by atoms with Gasteiger partial charge in [0.05, 0.1) is 5.56 Å². The minimum atomic E-state index is -0.819. The molecule has 6 heteroatoms. The van der Waals surface area contributed by atoms with Gasteiger partial charge in [-0.2, -0.15) is 0 Å². The topological polar surface area (TPSA) is 78.6 Å². The van der Waals surface area contributed by atoms with E-state index in [2.05, 4.69) is 42.4 Å². The van der Waals surface area contributed by atoms with Crippen LogP contribution in [-0.2, 0) is 19.4 Å². The maximum atomic E-state index is 12.2. The summed E-state index contributed by atoms with van der Waals surface area (Å²) < 4.78 is 0. The zero-order valence-electron chi connectivity index (χ0n) is 16.7. The standard InChI is InChI=1S/C22H29N3O2S/c1-22(2)8-7-18-17(12-22)19(21(26)27)20(28-18)16-6-5-15(11-14(16)13-24-23)25-9-3-4-10-25/h5-6,11,24H,3-4,7-10,12-13,23H2,1-2H3,(H,26,27). The molecule has 1 aliphatic carbocycles. The van der Waals surface area contributed by atoms with Gasteiger partial charge in [-0.15, -0.1) is 11.3 Å². The second kappa shape index (κ2) is 7.50. The SMILES string of the molecule is CC1(C)CCc2sc(-c3ccc(N4CCCC4)cc3CNN)c(C(=O)O)c2C1. The molecule has 0 atom stereocenters. The highest BCUT2D eigenvalue weighted by Crippen LogP contribution is 2.46. The van der Waals surface area contributed by atoms with Crippen LogP contribution in [0.5, 0.6) is 0 Å². The van der Waals surface area contributed by atoms with Gasteiger partial charge in [0.2, 0.25) is 0 Å². The summed E-state index contributed by atoms with van der Waals surface area (Å²) >= 11 is 1.66. The molecule has 0 saturated carbocycles. The summed E-state index contributed by atoms with van der Waals surface area (Å²) in [6, 6.07) is 6.40. The maximum absolute atomic E-state index is 12.2. The molecule has 1 aromatic heterocycles. The number of carbonyl (C=O) groups is 1. The molecule has 0 amide bonds. The molecule has 1 saturated heterocycles. The maximum Gasteiger partial charge on any atom is 0.337 e. The van der Waals surface area contributed by atoms with Gasteiger partial charge in [-0.1, -0.05) is 19.9 Å². The summed E-state index contributed by atoms with van der Waals surface area (Å²) in [4.78, 5) is 16.8. The van der Waals surface area contributed by atoms with Crippen LogP contribution in [0.2, 0.25) is 0 Å². The highest BCUT2D eigenvalue weighted by atomic mass is 32.1. The normalized spacial score (nSPS) is 18.3. The highest BCUT2D eigenvalue weighted by Gasteiger charge is 2.33. The Balaban J connectivity index is 1.82. The third-order valence-electron chi connectivity index (χ3n) is 6.09. The Morgan fingerprint density at radius 3 is 2.75 bits per heavy atom. The van der Waals surface area contributed by atoms with Gasteiger partial charge in [0.1, 0.15) is 0 Å². The average molecular weight is 400 g/mol. The van der Waals surface area contributed by atoms with Crippen molar-refractivity contribution in [3.8, 4) is 10.4 Å². The fourth-order valence-electron chi connectivity index (χ4n) is 4.57. The van der Waals surface area contributed by atoms with Crippen LogP contribution in [0.3, 0.4) is 0 Å². The molecule has 150 valence electrons. The number of nitrogens with two attached hydrogens (primary N) is 1. The smallest absolute Gasteiger partial charge is 0.337 e. The monoisotopic (exact) mass is 399 g/mol. The van der Waals surface area contributed by atoms with Crippen LogP contribution in [-0.4, -0.2) is 24.2 Å². The van der Waals surface area contributed by atoms with Gasteiger partial charge < -0.3 is 10.0 Å². The van der Waals surface area contributed by atoms with Crippen LogP contribution in [0.4, 0.5) is 5.69 Å². The first-order valence-electron chi connectivity index (χ1n) is 10.1. The number of fused-ring (bicyclic) bond motifs is 1. The lowest BCUT2D eigenvalue weighted by Crippen LogP contribution is -2.23. The van der Waals surface area contributed by atoms with Crippen molar-refractivity contribution in [3.63, 3.8) is 0 Å². The molecule has 1 aromatic carbocycles. The summed E-state index contributed by atoms with van der Waals surface area (Å²) in [5.74, 6) is 4.85. The molecule has 1 aliphatic heterocycles. The number of aromatic carboxylic acids is 1. The molecule has 0 bridgehead atoms. The van der Waals surface area contributed by atoms with Gasteiger partial charge in [0.15, 0.2) is 0 Å². The Kier molecular flexibility index (Phi) is 5.21. The largest absolute Gasteiger partial charge is 0.478 e. The number of benzene rings is 1. The van der Waals surface area contributed by atoms with Crippen molar-refractivity contribution in [1.82, 2.24) is 5.43 Å². The summed E-state index contributed by atoms with van der Waals surface area (Å²) in [5, 5.41) is 10.0. The van der Waals surface area contributed by atoms with E-state index in [1.54, 1.807) is 11.3 Å². The number of hydrogen-bond acceptors (Lipinski definition) is 5. The van der Waals surface area contributed by atoms with Crippen molar-refractivity contribution in [2.24, 2.45) is 11.3 Å². The van der Waals surface area contributed by atoms with Gasteiger partial charge in [0, 0.05) is 35.1 Å². The third kappa shape index (κ3) is 3.56. The van der Waals surface area contributed by atoms with E-state index in [9.17, 15) is 9.90 Å². The Morgan fingerprint density at radius 2 is 2.07 bits per heavy atom. The fraction of sp³-hybridized carbons (Fsp3) is 0.500. The summed E-state index contributed by atoms with van der Waals surface area (Å²) in [6.45, 7) is 7.14. The molecule has 0 radical (unpaired) electrons. The number of nitrogens with zero attached hydrogens (tertiary/aromatic N) is 1. The molecule has 5 nitrogen and oxygen atoms in total. The Morgan fingerprint density at radius 1 is 1.32 bits per heavy atom. The lowest BCUT2D eigenvalue weighted by atomic mass is 9.76. The van der Waals surface area contributed by atoms with Crippen LogP contribution in [0, 0.1) is 5.41 Å². The molecule has 1 fully saturated rings. The molecular weight excluding hydrogens is 370 g/mol. The Bertz CT molecular complexity index is 897. The summed E-state index contributed by atoms with van der Waals surface area (Å²) in [6.07, 6.45) is 5.34. The van der Waals surface area contributed by atoms with Crippen molar-refractivity contribution < 1.29 is 9.90 Å². The lowest BCUT2D eigenvalue weighted by molar-refractivity contribution is 0.0696. The number of nitrogens with one attached hydrogen (secondary N) is 1. The van der Waals surface area contributed by atoms with E-state index in [0.29, 0.717) is 12.1 Å². The van der Waals surface area contributed by atoms with Crippen molar-refractivity contribution in [2.45, 2.75) is 52.5 Å². The van der Waals surface area contributed by atoms with Crippen LogP contribution in [0.1, 0.15) is 59.5 Å². The molecule has 2 heterocycles. The van der Waals surface area contributed by atoms with Crippen molar-refractivity contribution in [3.05, 3.63) is 39.8 Å². The Hall–Kier alpha value is -1.89. The van der Waals surface area contributed by atoms with Crippen molar-refractivity contribution in [2.75, 3.05) is 18.0 Å². The lowest BCUT2D eigenvalue weighted by Gasteiger charge is -2.29. The number of carboxylic acid groups (broad SMARTS) is 1. The van der Waals surface area contributed by atoms with Crippen molar-refractivity contribution in [1.29, 1.82) is 0 Å². The van der Waals surface area contributed by atoms with Crippen LogP contribution in [0.15, 0.2) is 18.2 Å². The minimum absolute atomic E-state index is 0.150. The van der Waals surface area contributed by atoms with Crippen molar-refractivity contribution >= 4 is 23.0 Å². The van der Waals surface area contributed by atoms with E-state index in [-0.39, 0.29) is 5.41 Å². The van der Waals surface area contributed by atoms with Gasteiger partial charge in [-0.25, -0.2) is 4.79 Å².